The molecule has 0 aliphatic heterocycles. The van der Waals surface area contributed by atoms with E-state index in [1.807, 2.05) is 12.1 Å². The van der Waals surface area contributed by atoms with Gasteiger partial charge in [-0.3, -0.25) is 4.79 Å². The van der Waals surface area contributed by atoms with Crippen molar-refractivity contribution in [3.63, 3.8) is 0 Å². The van der Waals surface area contributed by atoms with Crippen LogP contribution in [0.3, 0.4) is 0 Å². The summed E-state index contributed by atoms with van der Waals surface area (Å²) >= 11 is 0. The average molecular weight is 217 g/mol. The Kier molecular flexibility index (Phi) is 3.25. The van der Waals surface area contributed by atoms with E-state index in [2.05, 4.69) is 5.32 Å². The summed E-state index contributed by atoms with van der Waals surface area (Å²) in [5.74, 6) is 0.507. The van der Waals surface area contributed by atoms with E-state index in [9.17, 15) is 4.79 Å². The monoisotopic (exact) mass is 217 g/mol. The molecule has 1 aliphatic carbocycles. The lowest BCUT2D eigenvalue weighted by molar-refractivity contribution is -0.114. The molecule has 16 heavy (non-hydrogen) atoms. The lowest BCUT2D eigenvalue weighted by Crippen LogP contribution is -2.15. The smallest absolute Gasteiger partial charge is 0.157 e. The number of aromatic hydroxyl groups is 1. The van der Waals surface area contributed by atoms with Crippen LogP contribution in [0, 0.1) is 0 Å². The van der Waals surface area contributed by atoms with Gasteiger partial charge in [-0.2, -0.15) is 0 Å². The summed E-state index contributed by atoms with van der Waals surface area (Å²) in [7, 11) is 0. The van der Waals surface area contributed by atoms with Gasteiger partial charge in [-0.15, -0.1) is 0 Å². The van der Waals surface area contributed by atoms with Crippen molar-refractivity contribution >= 4 is 5.78 Å². The van der Waals surface area contributed by atoms with Crippen molar-refractivity contribution < 1.29 is 9.90 Å². The molecule has 3 nitrogen and oxygen atoms in total. The first-order valence-electron chi connectivity index (χ1n) is 5.49. The molecule has 3 heteroatoms. The molecule has 84 valence electrons. The Balaban J connectivity index is 1.78. The zero-order chi connectivity index (χ0) is 11.4. The quantitative estimate of drug-likeness (QED) is 0.808. The van der Waals surface area contributed by atoms with E-state index < -0.39 is 0 Å². The van der Waals surface area contributed by atoms with E-state index in [1.54, 1.807) is 18.2 Å². The third kappa shape index (κ3) is 2.86. The lowest BCUT2D eigenvalue weighted by Gasteiger charge is -2.06. The van der Waals surface area contributed by atoms with Crippen molar-refractivity contribution in [3.8, 4) is 5.75 Å². The molecule has 0 amide bonds. The van der Waals surface area contributed by atoms with Crippen molar-refractivity contribution in [1.29, 1.82) is 0 Å². The fourth-order valence-electron chi connectivity index (χ4n) is 1.77. The van der Waals surface area contributed by atoms with Gasteiger partial charge in [-0.25, -0.2) is 0 Å². The van der Waals surface area contributed by atoms with Crippen molar-refractivity contribution in [2.45, 2.75) is 19.3 Å². The largest absolute Gasteiger partial charge is 0.508 e. The van der Waals surface area contributed by atoms with E-state index in [0.29, 0.717) is 12.2 Å². The summed E-state index contributed by atoms with van der Waals surface area (Å²) < 4.78 is 0. The third-order valence-electron chi connectivity index (χ3n) is 2.68. The van der Waals surface area contributed by atoms with Gasteiger partial charge in [0.15, 0.2) is 5.78 Å². The highest BCUT2D eigenvalue weighted by Crippen LogP contribution is 2.12. The van der Waals surface area contributed by atoms with Crippen LogP contribution in [-0.4, -0.2) is 17.4 Å². The number of carbonyl (C=O) groups excluding carboxylic acids is 1. The summed E-state index contributed by atoms with van der Waals surface area (Å²) in [6, 6.07) is 7.19. The highest BCUT2D eigenvalue weighted by Gasteiger charge is 2.10. The summed E-state index contributed by atoms with van der Waals surface area (Å²) in [5, 5.41) is 12.4. The number of hydrogen-bond donors (Lipinski definition) is 2. The van der Waals surface area contributed by atoms with Crippen molar-refractivity contribution in [1.82, 2.24) is 5.32 Å². The fraction of sp³-hybridized carbons (Fsp3) is 0.308. The number of ketones is 1. The highest BCUT2D eigenvalue weighted by atomic mass is 16.3. The number of benzene rings is 1. The minimum atomic E-state index is 0.215. The highest BCUT2D eigenvalue weighted by molar-refractivity contribution is 5.92. The van der Waals surface area contributed by atoms with Crippen LogP contribution in [-0.2, 0) is 11.2 Å². The van der Waals surface area contributed by atoms with Gasteiger partial charge in [0.05, 0.1) is 0 Å². The van der Waals surface area contributed by atoms with Crippen LogP contribution in [0.1, 0.15) is 18.4 Å². The molecule has 0 unspecified atom stereocenters. The second kappa shape index (κ2) is 4.84. The molecule has 0 saturated carbocycles. The van der Waals surface area contributed by atoms with Gasteiger partial charge in [-0.1, -0.05) is 12.1 Å². The number of hydrogen-bond acceptors (Lipinski definition) is 3. The molecule has 2 rings (SSSR count). The van der Waals surface area contributed by atoms with Crippen LogP contribution in [0.2, 0.25) is 0 Å². The van der Waals surface area contributed by atoms with Crippen molar-refractivity contribution in [3.05, 3.63) is 41.6 Å². The van der Waals surface area contributed by atoms with E-state index in [0.717, 1.165) is 25.1 Å². The Morgan fingerprint density at radius 3 is 2.56 bits per heavy atom. The van der Waals surface area contributed by atoms with Crippen molar-refractivity contribution in [2.75, 3.05) is 6.54 Å². The van der Waals surface area contributed by atoms with E-state index in [-0.39, 0.29) is 5.78 Å². The molecule has 1 aliphatic rings. The van der Waals surface area contributed by atoms with Crippen LogP contribution in [0.5, 0.6) is 5.75 Å². The summed E-state index contributed by atoms with van der Waals surface area (Å²) in [6.07, 6.45) is 4.07. The standard InChI is InChI=1S/C13H15NO2/c15-12-4-1-10(2-5-12)7-8-14-11-3-6-13(16)9-11/h1-2,4-5,9,14-15H,3,6-8H2. The minimum Gasteiger partial charge on any atom is -0.508 e. The van der Waals surface area contributed by atoms with Crippen LogP contribution >= 0.6 is 0 Å². The molecule has 0 fully saturated rings. The molecule has 0 heterocycles. The van der Waals surface area contributed by atoms with Crippen molar-refractivity contribution in [2.24, 2.45) is 0 Å². The molecule has 2 N–H and O–H groups in total. The molecule has 0 radical (unpaired) electrons. The second-order valence-electron chi connectivity index (χ2n) is 3.98. The molecule has 0 aromatic heterocycles. The maximum absolute atomic E-state index is 11.0. The number of allylic oxidation sites excluding steroid dienone is 2. The van der Waals surface area contributed by atoms with Crippen LogP contribution < -0.4 is 5.32 Å². The van der Waals surface area contributed by atoms with Gasteiger partial charge in [0.25, 0.3) is 0 Å². The first-order chi connectivity index (χ1) is 7.74. The number of nitrogens with one attached hydrogen (secondary N) is 1. The average Bonchev–Trinajstić information content (AvgIpc) is 2.67. The maximum atomic E-state index is 11.0. The first kappa shape index (κ1) is 10.7. The molecule has 0 bridgehead atoms. The van der Waals surface area contributed by atoms with E-state index in [4.69, 9.17) is 5.11 Å². The Labute approximate surface area is 94.8 Å². The molecule has 0 atom stereocenters. The number of phenols is 1. The van der Waals surface area contributed by atoms with Gasteiger partial charge in [0.2, 0.25) is 0 Å². The third-order valence-corrected chi connectivity index (χ3v) is 2.68. The molecule has 0 spiro atoms. The van der Waals surface area contributed by atoms with Crippen LogP contribution in [0.15, 0.2) is 36.0 Å². The molecule has 1 aromatic rings. The zero-order valence-corrected chi connectivity index (χ0v) is 9.07. The number of phenolic OH excluding ortho intramolecular Hbond substituents is 1. The number of carbonyl (C=O) groups is 1. The van der Waals surface area contributed by atoms with Gasteiger partial charge < -0.3 is 10.4 Å². The Hall–Kier alpha value is -1.77. The SMILES string of the molecule is O=C1C=C(NCCc2ccc(O)cc2)CC1. The topological polar surface area (TPSA) is 49.3 Å². The summed E-state index contributed by atoms with van der Waals surface area (Å²) in [4.78, 5) is 11.0. The molecule has 1 aromatic carbocycles. The van der Waals surface area contributed by atoms with E-state index in [1.165, 1.54) is 5.56 Å². The van der Waals surface area contributed by atoms with Crippen LogP contribution in [0.4, 0.5) is 0 Å². The predicted octanol–water partition coefficient (Wildman–Crippen LogP) is 1.77. The maximum Gasteiger partial charge on any atom is 0.157 e. The molecule has 0 saturated heterocycles. The summed E-state index contributed by atoms with van der Waals surface area (Å²) in [5.41, 5.74) is 2.22. The predicted molar refractivity (Wildman–Crippen MR) is 62.1 cm³/mol. The number of rotatable bonds is 4. The molecular weight excluding hydrogens is 202 g/mol. The van der Waals surface area contributed by atoms with Gasteiger partial charge in [-0.05, 0) is 30.5 Å². The summed E-state index contributed by atoms with van der Waals surface area (Å²) in [6.45, 7) is 0.823. The fourth-order valence-corrected chi connectivity index (χ4v) is 1.77. The second-order valence-corrected chi connectivity index (χ2v) is 3.98. The normalized spacial score (nSPS) is 15.0. The molecular formula is C13H15NO2. The van der Waals surface area contributed by atoms with E-state index >= 15 is 0 Å². The van der Waals surface area contributed by atoms with Crippen LogP contribution in [0.25, 0.3) is 0 Å². The van der Waals surface area contributed by atoms with Gasteiger partial charge in [0.1, 0.15) is 5.75 Å². The van der Waals surface area contributed by atoms with Gasteiger partial charge in [0, 0.05) is 24.7 Å². The Bertz CT molecular complexity index is 406. The Morgan fingerprint density at radius 1 is 1.19 bits per heavy atom. The van der Waals surface area contributed by atoms with Gasteiger partial charge >= 0.3 is 0 Å². The first-order valence-corrected chi connectivity index (χ1v) is 5.49. The zero-order valence-electron chi connectivity index (χ0n) is 9.07. The minimum absolute atomic E-state index is 0.215. The lowest BCUT2D eigenvalue weighted by atomic mass is 10.1. The Morgan fingerprint density at radius 2 is 1.94 bits per heavy atom.